The van der Waals surface area contributed by atoms with Gasteiger partial charge in [0.2, 0.25) is 0 Å². The lowest BCUT2D eigenvalue weighted by molar-refractivity contribution is 0.282. The van der Waals surface area contributed by atoms with Crippen molar-refractivity contribution in [2.24, 2.45) is 40.9 Å². The molecular weight excluding hydrogens is 1430 g/mol. The van der Waals surface area contributed by atoms with Crippen molar-refractivity contribution in [3.05, 3.63) is 72.8 Å². The largest absolute Gasteiger partial charge is 0.505 e. The summed E-state index contributed by atoms with van der Waals surface area (Å²) in [6.45, 7) is -2.22. The van der Waals surface area contributed by atoms with Crippen molar-refractivity contribution in [3.8, 4) is 5.75 Å². The first-order valence-electron chi connectivity index (χ1n) is 22.3. The topological polar surface area (TPSA) is 719 Å². The Kier molecular flexibility index (Phi) is 20.0. The minimum Gasteiger partial charge on any atom is -0.505 e. The minimum atomic E-state index is -5.86. The van der Waals surface area contributed by atoms with E-state index in [1.54, 1.807) is 0 Å². The van der Waals surface area contributed by atoms with E-state index in [1.807, 2.05) is 0 Å². The van der Waals surface area contributed by atoms with Crippen molar-refractivity contribution >= 4 is 175 Å². The Hall–Kier alpha value is -7.72. The fraction of sp³-hybridized carbons (Fsp3) is 0.105. The zero-order valence-corrected chi connectivity index (χ0v) is 51.3. The van der Waals surface area contributed by atoms with Gasteiger partial charge in [0, 0.05) is 0 Å². The highest BCUT2D eigenvalue weighted by Gasteiger charge is 2.31. The average Bonchev–Trinajstić information content (AvgIpc) is 0.750. The Morgan fingerprint density at radius 2 is 0.733 bits per heavy atom. The van der Waals surface area contributed by atoms with E-state index >= 15 is 0 Å². The van der Waals surface area contributed by atoms with Crippen LogP contribution in [0.15, 0.2) is 153 Å². The molecule has 0 aliphatic rings. The van der Waals surface area contributed by atoms with Crippen molar-refractivity contribution in [3.63, 3.8) is 0 Å². The van der Waals surface area contributed by atoms with Gasteiger partial charge in [-0.3, -0.25) is 36.4 Å². The molecule has 0 bridgehead atoms. The highest BCUT2D eigenvalue weighted by atomic mass is 32.3. The molecule has 0 spiro atoms. The number of fused-ring (bicyclic) bond motifs is 1. The van der Waals surface area contributed by atoms with Crippen LogP contribution in [0.1, 0.15) is 0 Å². The standard InChI is InChI=1S/C38H35N11O31S10/c39-32-24(46-43-21-6-5-20(13-25(21)83(55,56)57)82(53,54)10-8-80-90(76,77)78)15-28(86(64,65)66)33(40)37(32)49-45-23-14-22(26(84(58,59)60)16-27(23)85(61,62)63)44-48-36-30(88(70,71)72)12-17-11-29(87(67,68)69)35(34(41)31(17)38(36)50)47-42-18-1-3-19(4-2-18)81(51,52)9-7-79-89(73,74)75/h1-6,11-16,50H,7-10,39-41H2,(H,55,56,57)(H,58,59,60)(H,61,62,63)(H,64,65,66)(H,67,68,69)(H,70,71,72)(H,73,74,75)(H,76,77,78)/b46-43+,47-42+,48-44+,49-45+. The first-order chi connectivity index (χ1) is 40.8. The Bertz CT molecular complexity index is 5360. The Morgan fingerprint density at radius 3 is 1.19 bits per heavy atom. The molecule has 15 N–H and O–H groups in total. The molecule has 42 nitrogen and oxygen atoms in total. The second-order valence-corrected chi connectivity index (χ2v) is 31.8. The highest BCUT2D eigenvalue weighted by Crippen LogP contribution is 2.50. The normalized spacial score (nSPS) is 13.8. The molecule has 6 rings (SSSR count). The molecule has 90 heavy (non-hydrogen) atoms. The van der Waals surface area contributed by atoms with Crippen LogP contribution in [-0.4, -0.2) is 150 Å². The van der Waals surface area contributed by atoms with Crippen LogP contribution >= 0.6 is 0 Å². The number of phenolic OH excluding ortho intramolecular Hbond substituents is 1. The number of hydrogen-bond acceptors (Lipinski definition) is 34. The van der Waals surface area contributed by atoms with Gasteiger partial charge in [0.25, 0.3) is 60.7 Å². The first-order valence-corrected chi connectivity index (χ1v) is 37.0. The van der Waals surface area contributed by atoms with E-state index in [0.717, 1.165) is 24.3 Å². The summed E-state index contributed by atoms with van der Waals surface area (Å²) in [5, 5.41) is 38.1. The van der Waals surface area contributed by atoms with Gasteiger partial charge in [0.1, 0.15) is 69.2 Å². The zero-order chi connectivity index (χ0) is 68.1. The lowest BCUT2D eigenvalue weighted by Gasteiger charge is -2.14. The molecule has 6 aromatic carbocycles. The summed E-state index contributed by atoms with van der Waals surface area (Å²) in [7, 11) is -53.3. The third-order valence-corrected chi connectivity index (χ3v) is 20.6. The summed E-state index contributed by atoms with van der Waals surface area (Å²) in [5.74, 6) is -3.74. The second-order valence-electron chi connectivity index (χ2n) is 17.1. The molecule has 0 amide bonds. The number of rotatable bonds is 24. The monoisotopic (exact) mass is 1460 g/mol. The van der Waals surface area contributed by atoms with Crippen LogP contribution in [-0.2, 0) is 110 Å². The van der Waals surface area contributed by atoms with Crippen molar-refractivity contribution in [2.45, 2.75) is 39.2 Å². The summed E-state index contributed by atoms with van der Waals surface area (Å²) in [6, 6.07) is 6.19. The number of nitrogen functional groups attached to an aromatic ring is 3. The van der Waals surface area contributed by atoms with Crippen LogP contribution in [0.4, 0.5) is 62.6 Å². The number of hydrogen-bond donors (Lipinski definition) is 12. The molecule has 0 saturated heterocycles. The van der Waals surface area contributed by atoms with Crippen molar-refractivity contribution in [2.75, 3.05) is 41.9 Å². The Balaban J connectivity index is 1.52. The van der Waals surface area contributed by atoms with Gasteiger partial charge in [0.15, 0.2) is 25.4 Å². The van der Waals surface area contributed by atoms with Gasteiger partial charge in [-0.25, -0.2) is 25.2 Å². The maximum Gasteiger partial charge on any atom is 0.397 e. The number of phenols is 1. The Labute approximate surface area is 505 Å². The summed E-state index contributed by atoms with van der Waals surface area (Å²) >= 11 is 0. The molecule has 6 aromatic rings. The van der Waals surface area contributed by atoms with Gasteiger partial charge in [-0.15, -0.1) is 35.8 Å². The van der Waals surface area contributed by atoms with Crippen molar-refractivity contribution < 1.29 is 134 Å². The molecular formula is C38H35N11O31S10. The maximum atomic E-state index is 12.8. The van der Waals surface area contributed by atoms with Crippen LogP contribution < -0.4 is 17.2 Å². The SMILES string of the molecule is Nc1c(/N=N/c2ccc(S(=O)(=O)CCOS(=O)(=O)O)cc2S(=O)(=O)O)cc(S(=O)(=O)O)c(N)c1/N=N/c1cc(/N=N/c2c(S(=O)(=O)O)cc3cc(S(=O)(=O)O)c(/N=N/c4ccc(S(=O)(=O)CCOS(=O)(=O)O)cc4)c(N)c3c2O)c(S(=O)(=O)O)cc1S(=O)(=O)O. The molecule has 0 aromatic heterocycles. The van der Waals surface area contributed by atoms with Crippen LogP contribution in [0.5, 0.6) is 5.75 Å². The molecule has 52 heteroatoms. The molecule has 0 radical (unpaired) electrons. The second kappa shape index (κ2) is 25.2. The molecule has 0 unspecified atom stereocenters. The van der Waals surface area contributed by atoms with Gasteiger partial charge in [0.05, 0.1) is 62.6 Å². The molecule has 0 saturated carbocycles. The number of aromatic hydroxyl groups is 1. The van der Waals surface area contributed by atoms with E-state index in [2.05, 4.69) is 49.3 Å². The maximum absolute atomic E-state index is 12.8. The lowest BCUT2D eigenvalue weighted by Crippen LogP contribution is -2.16. The minimum absolute atomic E-state index is 0.115. The number of nitrogens with two attached hydrogens (primary N) is 3. The smallest absolute Gasteiger partial charge is 0.397 e. The van der Waals surface area contributed by atoms with Crippen LogP contribution in [0, 0.1) is 0 Å². The fourth-order valence-corrected chi connectivity index (χ4v) is 14.2. The van der Waals surface area contributed by atoms with E-state index in [-0.39, 0.29) is 23.9 Å². The number of benzene rings is 6. The third kappa shape index (κ3) is 17.2. The van der Waals surface area contributed by atoms with E-state index in [4.69, 9.17) is 26.3 Å². The third-order valence-electron chi connectivity index (χ3n) is 11.0. The number of azo groups is 4. The fourth-order valence-electron chi connectivity index (χ4n) is 7.13. The molecule has 0 aliphatic heterocycles. The number of anilines is 3. The molecule has 488 valence electrons. The van der Waals surface area contributed by atoms with Gasteiger partial charge < -0.3 is 22.3 Å². The zero-order valence-electron chi connectivity index (χ0n) is 43.2. The summed E-state index contributed by atoms with van der Waals surface area (Å²) in [5.41, 5.74) is 6.08. The molecule has 0 fully saturated rings. The summed E-state index contributed by atoms with van der Waals surface area (Å²) in [4.78, 5) is -10.4. The van der Waals surface area contributed by atoms with Crippen LogP contribution in [0.2, 0.25) is 0 Å². The molecule has 0 atom stereocenters. The van der Waals surface area contributed by atoms with Gasteiger partial charge >= 0.3 is 20.8 Å². The van der Waals surface area contributed by atoms with Gasteiger partial charge in [-0.1, -0.05) is 0 Å². The summed E-state index contributed by atoms with van der Waals surface area (Å²) < 4.78 is 332. The average molecular weight is 1460 g/mol. The van der Waals surface area contributed by atoms with Gasteiger partial charge in [-0.2, -0.15) is 72.5 Å². The van der Waals surface area contributed by atoms with E-state index in [1.165, 1.54) is 0 Å². The lowest BCUT2D eigenvalue weighted by atomic mass is 10.1. The van der Waals surface area contributed by atoms with Crippen LogP contribution in [0.3, 0.4) is 0 Å². The van der Waals surface area contributed by atoms with E-state index in [0.29, 0.717) is 30.3 Å². The number of sulfone groups is 2. The Morgan fingerprint density at radius 1 is 0.344 bits per heavy atom. The molecule has 0 aliphatic carbocycles. The first kappa shape index (κ1) is 71.4. The van der Waals surface area contributed by atoms with Crippen LogP contribution in [0.25, 0.3) is 10.8 Å². The predicted molar refractivity (Wildman–Crippen MR) is 299 cm³/mol. The summed E-state index contributed by atoms with van der Waals surface area (Å²) in [6.07, 6.45) is 0. The van der Waals surface area contributed by atoms with Crippen molar-refractivity contribution in [1.82, 2.24) is 0 Å². The predicted octanol–water partition coefficient (Wildman–Crippen LogP) is 3.62. The quantitative estimate of drug-likeness (QED) is 0.0234. The molecule has 0 heterocycles. The van der Waals surface area contributed by atoms with Gasteiger partial charge in [-0.05, 0) is 78.2 Å². The number of nitrogens with zero attached hydrogens (tertiary/aromatic N) is 8. The van der Waals surface area contributed by atoms with E-state index < -0.39 is 238 Å². The van der Waals surface area contributed by atoms with E-state index in [9.17, 15) is 117 Å². The highest BCUT2D eigenvalue weighted by molar-refractivity contribution is 7.92. The van der Waals surface area contributed by atoms with Crippen molar-refractivity contribution in [1.29, 1.82) is 0 Å².